The molecule has 0 bridgehead atoms. The molecule has 1 aliphatic heterocycles. The van der Waals surface area contributed by atoms with Crippen LogP contribution in [0, 0.1) is 24.5 Å². The number of fused-ring (bicyclic) bond motifs is 1. The van der Waals surface area contributed by atoms with Crippen LogP contribution in [0.1, 0.15) is 34.1 Å². The first-order chi connectivity index (χ1) is 14.2. The minimum atomic E-state index is -3.02. The maximum Gasteiger partial charge on any atom is 0.387 e. The van der Waals surface area contributed by atoms with Crippen molar-refractivity contribution in [2.45, 2.75) is 31.2 Å². The Balaban J connectivity index is 1.59. The van der Waals surface area contributed by atoms with Crippen LogP contribution in [-0.2, 0) is 0 Å². The zero-order valence-corrected chi connectivity index (χ0v) is 16.4. The molecule has 1 aliphatic carbocycles. The summed E-state index contributed by atoms with van der Waals surface area (Å²) in [6, 6.07) is 2.80. The molecular weight excluding hydrogens is 424 g/mol. The highest BCUT2D eigenvalue weighted by atomic mass is 32.2. The van der Waals surface area contributed by atoms with Gasteiger partial charge in [0.15, 0.2) is 16.8 Å². The highest BCUT2D eigenvalue weighted by Gasteiger charge is 2.48. The average molecular weight is 440 g/mol. The standard InChI is InChI=1S/C19H16F4N4O2S/c1-7-2-9(29-18(22)23)6-25-15(7)17(28)26-8-3-11(14(21)12(20)4-8)16-10-5-13(10)30-19(24)27-16/h2-4,6,10,13,16,18H,5H2,1H3,(H2,24,27)(H,26,28). The summed E-state index contributed by atoms with van der Waals surface area (Å²) in [5.41, 5.74) is 6.03. The van der Waals surface area contributed by atoms with Gasteiger partial charge in [-0.05, 0) is 37.0 Å². The molecule has 1 aromatic carbocycles. The number of halogens is 4. The van der Waals surface area contributed by atoms with Crippen molar-refractivity contribution >= 4 is 28.5 Å². The van der Waals surface area contributed by atoms with E-state index < -0.39 is 30.2 Å². The van der Waals surface area contributed by atoms with Gasteiger partial charge >= 0.3 is 6.61 Å². The number of aryl methyl sites for hydroxylation is 1. The fourth-order valence-electron chi connectivity index (χ4n) is 3.42. The van der Waals surface area contributed by atoms with Gasteiger partial charge in [0.25, 0.3) is 5.91 Å². The first-order valence-corrected chi connectivity index (χ1v) is 9.82. The lowest BCUT2D eigenvalue weighted by molar-refractivity contribution is -0.0501. The second-order valence-electron chi connectivity index (χ2n) is 7.00. The number of ether oxygens (including phenoxy) is 1. The minimum Gasteiger partial charge on any atom is -0.433 e. The van der Waals surface area contributed by atoms with Crippen LogP contribution in [0.2, 0.25) is 0 Å². The number of nitrogens with zero attached hydrogens (tertiary/aromatic N) is 2. The molecule has 4 rings (SSSR count). The molecule has 2 aliphatic rings. The number of amidine groups is 1. The fraction of sp³-hybridized carbons (Fsp3) is 0.316. The van der Waals surface area contributed by atoms with E-state index in [1.54, 1.807) is 0 Å². The number of thioether (sulfide) groups is 1. The van der Waals surface area contributed by atoms with E-state index >= 15 is 0 Å². The van der Waals surface area contributed by atoms with Crippen molar-refractivity contribution < 1.29 is 27.1 Å². The van der Waals surface area contributed by atoms with E-state index in [1.165, 1.54) is 30.8 Å². The molecule has 2 aromatic rings. The van der Waals surface area contributed by atoms with E-state index in [4.69, 9.17) is 5.73 Å². The van der Waals surface area contributed by atoms with Gasteiger partial charge in [-0.25, -0.2) is 13.8 Å². The number of hydrogen-bond acceptors (Lipinski definition) is 6. The quantitative estimate of drug-likeness (QED) is 0.686. The highest BCUT2D eigenvalue weighted by Crippen LogP contribution is 2.54. The Kier molecular flexibility index (Phi) is 5.31. The molecule has 3 N–H and O–H groups in total. The van der Waals surface area contributed by atoms with Gasteiger partial charge in [0.05, 0.1) is 12.2 Å². The molecule has 6 nitrogen and oxygen atoms in total. The lowest BCUT2D eigenvalue weighted by Crippen LogP contribution is -2.19. The Morgan fingerprint density at radius 2 is 2.10 bits per heavy atom. The molecule has 0 saturated heterocycles. The van der Waals surface area contributed by atoms with Crippen LogP contribution in [0.15, 0.2) is 29.4 Å². The molecule has 158 valence electrons. The SMILES string of the molecule is Cc1cc(OC(F)F)cnc1C(=O)Nc1cc(F)c(F)c(C2N=C(N)SC3CC32)c1. The van der Waals surface area contributed by atoms with Gasteiger partial charge in [0.2, 0.25) is 0 Å². The molecule has 0 radical (unpaired) electrons. The summed E-state index contributed by atoms with van der Waals surface area (Å²) in [5.74, 6) is -3.00. The minimum absolute atomic E-state index is 0.0198. The maximum atomic E-state index is 14.5. The molecule has 0 spiro atoms. The van der Waals surface area contributed by atoms with E-state index in [-0.39, 0.29) is 39.4 Å². The van der Waals surface area contributed by atoms with Gasteiger partial charge in [0, 0.05) is 22.6 Å². The fourth-order valence-corrected chi connectivity index (χ4v) is 4.54. The highest BCUT2D eigenvalue weighted by molar-refractivity contribution is 8.14. The smallest absolute Gasteiger partial charge is 0.387 e. The molecule has 2 heterocycles. The summed E-state index contributed by atoms with van der Waals surface area (Å²) in [7, 11) is 0. The third kappa shape index (κ3) is 4.07. The number of pyridine rings is 1. The number of aromatic nitrogens is 1. The molecule has 1 fully saturated rings. The number of alkyl halides is 2. The largest absolute Gasteiger partial charge is 0.433 e. The monoisotopic (exact) mass is 440 g/mol. The van der Waals surface area contributed by atoms with E-state index in [9.17, 15) is 22.4 Å². The number of benzene rings is 1. The second kappa shape index (κ2) is 7.78. The third-order valence-corrected chi connectivity index (χ3v) is 6.04. The molecule has 30 heavy (non-hydrogen) atoms. The number of rotatable bonds is 5. The summed E-state index contributed by atoms with van der Waals surface area (Å²) in [5, 5.41) is 3.01. The number of amides is 1. The summed E-state index contributed by atoms with van der Waals surface area (Å²) in [6.07, 6.45) is 1.78. The van der Waals surface area contributed by atoms with Crippen LogP contribution in [-0.4, -0.2) is 27.9 Å². The van der Waals surface area contributed by atoms with Gasteiger partial charge in [0.1, 0.15) is 11.4 Å². The molecule has 1 saturated carbocycles. The average Bonchev–Trinajstić information content (AvgIpc) is 3.42. The molecule has 1 aromatic heterocycles. The van der Waals surface area contributed by atoms with E-state index in [2.05, 4.69) is 20.0 Å². The number of aliphatic imine (C=N–C) groups is 1. The summed E-state index contributed by atoms with van der Waals surface area (Å²) in [4.78, 5) is 20.6. The lowest BCUT2D eigenvalue weighted by atomic mass is 10.0. The number of anilines is 1. The zero-order valence-electron chi connectivity index (χ0n) is 15.5. The lowest BCUT2D eigenvalue weighted by Gasteiger charge is -2.20. The number of nitrogens with one attached hydrogen (secondary N) is 1. The van der Waals surface area contributed by atoms with Crippen LogP contribution in [0.5, 0.6) is 5.75 Å². The van der Waals surface area contributed by atoms with Gasteiger partial charge < -0.3 is 15.8 Å². The molecule has 3 atom stereocenters. The first kappa shape index (κ1) is 20.5. The molecule has 3 unspecified atom stereocenters. The summed E-state index contributed by atoms with van der Waals surface area (Å²) < 4.78 is 57.5. The van der Waals surface area contributed by atoms with Crippen LogP contribution in [0.3, 0.4) is 0 Å². The number of nitrogens with two attached hydrogens (primary N) is 1. The maximum absolute atomic E-state index is 14.5. The Labute approximate surface area is 172 Å². The van der Waals surface area contributed by atoms with Crippen LogP contribution < -0.4 is 15.8 Å². The van der Waals surface area contributed by atoms with Gasteiger partial charge in [-0.3, -0.25) is 9.79 Å². The predicted molar refractivity (Wildman–Crippen MR) is 104 cm³/mol. The number of carbonyl (C=O) groups excluding carboxylic acids is 1. The molecular formula is C19H16F4N4O2S. The predicted octanol–water partition coefficient (Wildman–Crippen LogP) is 4.01. The van der Waals surface area contributed by atoms with Crippen molar-refractivity contribution in [2.24, 2.45) is 16.6 Å². The normalized spacial score (nSPS) is 22.3. The van der Waals surface area contributed by atoms with Crippen molar-refractivity contribution in [2.75, 3.05) is 5.32 Å². The first-order valence-electron chi connectivity index (χ1n) is 8.94. The van der Waals surface area contributed by atoms with Gasteiger partial charge in [-0.15, -0.1) is 0 Å². The van der Waals surface area contributed by atoms with E-state index in [1.807, 2.05) is 0 Å². The number of carbonyl (C=O) groups is 1. The van der Waals surface area contributed by atoms with Crippen molar-refractivity contribution in [1.82, 2.24) is 4.98 Å². The van der Waals surface area contributed by atoms with Gasteiger partial charge in [-0.1, -0.05) is 11.8 Å². The summed E-state index contributed by atoms with van der Waals surface area (Å²) >= 11 is 1.42. The van der Waals surface area contributed by atoms with E-state index in [0.717, 1.165) is 18.7 Å². The van der Waals surface area contributed by atoms with Crippen LogP contribution in [0.4, 0.5) is 23.2 Å². The number of hydrogen-bond donors (Lipinski definition) is 2. The van der Waals surface area contributed by atoms with Crippen molar-refractivity contribution in [3.8, 4) is 5.75 Å². The summed E-state index contributed by atoms with van der Waals surface area (Å²) in [6.45, 7) is -1.53. The Morgan fingerprint density at radius 3 is 2.80 bits per heavy atom. The Morgan fingerprint density at radius 1 is 1.33 bits per heavy atom. The van der Waals surface area contributed by atoms with Crippen molar-refractivity contribution in [3.63, 3.8) is 0 Å². The van der Waals surface area contributed by atoms with Crippen molar-refractivity contribution in [1.29, 1.82) is 0 Å². The zero-order chi connectivity index (χ0) is 21.6. The second-order valence-corrected chi connectivity index (χ2v) is 8.26. The van der Waals surface area contributed by atoms with Gasteiger partial charge in [-0.2, -0.15) is 8.78 Å². The van der Waals surface area contributed by atoms with Crippen LogP contribution >= 0.6 is 11.8 Å². The van der Waals surface area contributed by atoms with Crippen molar-refractivity contribution in [3.05, 3.63) is 52.9 Å². The molecule has 11 heteroatoms. The Bertz CT molecular complexity index is 1050. The molecule has 1 amide bonds. The Hall–Kier alpha value is -2.82. The third-order valence-electron chi connectivity index (χ3n) is 4.85. The van der Waals surface area contributed by atoms with Crippen LogP contribution in [0.25, 0.3) is 0 Å². The van der Waals surface area contributed by atoms with E-state index in [0.29, 0.717) is 5.17 Å². The topological polar surface area (TPSA) is 89.6 Å².